The number of benzene rings is 1. The zero-order chi connectivity index (χ0) is 18.0. The first-order chi connectivity index (χ1) is 11.9. The Balaban J connectivity index is 1.74. The summed E-state index contributed by atoms with van der Waals surface area (Å²) in [6.45, 7) is 0.835. The van der Waals surface area contributed by atoms with Crippen LogP contribution in [-0.2, 0) is 10.0 Å². The average molecular weight is 424 g/mol. The van der Waals surface area contributed by atoms with Gasteiger partial charge in [0.15, 0.2) is 10.4 Å². The van der Waals surface area contributed by atoms with Crippen molar-refractivity contribution in [3.05, 3.63) is 52.4 Å². The molecule has 0 unspecified atom stereocenters. The summed E-state index contributed by atoms with van der Waals surface area (Å²) in [5.41, 5.74) is 0.112. The van der Waals surface area contributed by atoms with Gasteiger partial charge in [-0.25, -0.2) is 8.42 Å². The fourth-order valence-electron chi connectivity index (χ4n) is 2.64. The molecule has 1 fully saturated rings. The highest BCUT2D eigenvalue weighted by molar-refractivity contribution is 9.10. The monoisotopic (exact) mass is 423 g/mol. The first-order valence-corrected chi connectivity index (χ1v) is 9.70. The number of carbonyl (C=O) groups is 1. The summed E-state index contributed by atoms with van der Waals surface area (Å²) in [6.07, 6.45) is 0. The van der Waals surface area contributed by atoms with E-state index in [-0.39, 0.29) is 48.3 Å². The van der Waals surface area contributed by atoms with Crippen molar-refractivity contribution in [1.82, 2.24) is 9.21 Å². The van der Waals surface area contributed by atoms with Gasteiger partial charge in [-0.15, -0.1) is 0 Å². The lowest BCUT2D eigenvalue weighted by molar-refractivity contribution is 0.0664. The number of furan rings is 1. The summed E-state index contributed by atoms with van der Waals surface area (Å²) < 4.78 is 32.5. The van der Waals surface area contributed by atoms with Gasteiger partial charge >= 0.3 is 0 Å². The first kappa shape index (κ1) is 17.7. The van der Waals surface area contributed by atoms with Crippen molar-refractivity contribution in [2.24, 2.45) is 0 Å². The van der Waals surface area contributed by atoms with Gasteiger partial charge in [0.2, 0.25) is 10.0 Å². The molecule has 7 nitrogen and oxygen atoms in total. The Morgan fingerprint density at radius 3 is 2.40 bits per heavy atom. The SMILES string of the molecule is N#Cc1ccccc1S(=O)(=O)N1CCN(C(=O)c2ccc(Br)o2)CC1. The molecule has 0 radical (unpaired) electrons. The van der Waals surface area contributed by atoms with E-state index in [4.69, 9.17) is 9.68 Å². The molecule has 130 valence electrons. The molecule has 0 bridgehead atoms. The summed E-state index contributed by atoms with van der Waals surface area (Å²) in [4.78, 5) is 13.9. The Labute approximate surface area is 153 Å². The maximum Gasteiger partial charge on any atom is 0.289 e. The van der Waals surface area contributed by atoms with Gasteiger partial charge in [0.1, 0.15) is 6.07 Å². The predicted molar refractivity (Wildman–Crippen MR) is 92.2 cm³/mol. The predicted octanol–water partition coefficient (Wildman–Crippen LogP) is 2.06. The van der Waals surface area contributed by atoms with Gasteiger partial charge < -0.3 is 9.32 Å². The summed E-state index contributed by atoms with van der Waals surface area (Å²) in [5, 5.41) is 9.12. The highest BCUT2D eigenvalue weighted by Crippen LogP contribution is 2.22. The average Bonchev–Trinajstić information content (AvgIpc) is 3.07. The second-order valence-corrected chi connectivity index (χ2v) is 8.10. The number of hydrogen-bond acceptors (Lipinski definition) is 5. The number of nitriles is 1. The normalized spacial score (nSPS) is 15.8. The van der Waals surface area contributed by atoms with Crippen LogP contribution in [0.25, 0.3) is 0 Å². The Morgan fingerprint density at radius 1 is 1.12 bits per heavy atom. The summed E-state index contributed by atoms with van der Waals surface area (Å²) in [7, 11) is -3.77. The molecule has 1 amide bonds. The summed E-state index contributed by atoms with van der Waals surface area (Å²) in [6, 6.07) is 11.2. The third kappa shape index (κ3) is 3.46. The number of carbonyl (C=O) groups excluding carboxylic acids is 1. The number of piperazine rings is 1. The molecule has 0 atom stereocenters. The van der Waals surface area contributed by atoms with E-state index in [1.54, 1.807) is 29.2 Å². The number of nitrogens with zero attached hydrogens (tertiary/aromatic N) is 3. The molecule has 2 aromatic rings. The molecule has 1 aliphatic rings. The Kier molecular flexibility index (Phi) is 4.94. The van der Waals surface area contributed by atoms with E-state index in [9.17, 15) is 13.2 Å². The largest absolute Gasteiger partial charge is 0.444 e. The molecule has 0 spiro atoms. The zero-order valence-electron chi connectivity index (χ0n) is 13.1. The Hall–Kier alpha value is -2.15. The molecule has 1 aromatic heterocycles. The maximum atomic E-state index is 12.8. The quantitative estimate of drug-likeness (QED) is 0.752. The van der Waals surface area contributed by atoms with Crippen molar-refractivity contribution < 1.29 is 17.6 Å². The molecular formula is C16H14BrN3O4S. The van der Waals surface area contributed by atoms with Gasteiger partial charge in [-0.2, -0.15) is 9.57 Å². The van der Waals surface area contributed by atoms with Crippen LogP contribution in [0, 0.1) is 11.3 Å². The topological polar surface area (TPSA) is 94.6 Å². The van der Waals surface area contributed by atoms with Crippen molar-refractivity contribution in [3.8, 4) is 6.07 Å². The lowest BCUT2D eigenvalue weighted by atomic mass is 10.2. The second kappa shape index (κ2) is 7.00. The van der Waals surface area contributed by atoms with Crippen LogP contribution in [0.2, 0.25) is 0 Å². The van der Waals surface area contributed by atoms with Gasteiger partial charge in [-0.1, -0.05) is 12.1 Å². The zero-order valence-corrected chi connectivity index (χ0v) is 15.5. The summed E-state index contributed by atoms with van der Waals surface area (Å²) >= 11 is 3.15. The molecule has 0 N–H and O–H groups in total. The molecule has 3 rings (SSSR count). The van der Waals surface area contributed by atoms with Gasteiger partial charge in [-0.05, 0) is 40.2 Å². The van der Waals surface area contributed by atoms with Crippen LogP contribution < -0.4 is 0 Å². The lowest BCUT2D eigenvalue weighted by Gasteiger charge is -2.33. The van der Waals surface area contributed by atoms with Crippen LogP contribution in [-0.4, -0.2) is 49.7 Å². The third-order valence-corrected chi connectivity index (χ3v) is 6.32. The minimum absolute atomic E-state index is 0.00718. The summed E-state index contributed by atoms with van der Waals surface area (Å²) in [5.74, 6) is -0.0711. The first-order valence-electron chi connectivity index (χ1n) is 7.47. The lowest BCUT2D eigenvalue weighted by Crippen LogP contribution is -2.50. The van der Waals surface area contributed by atoms with E-state index >= 15 is 0 Å². The van der Waals surface area contributed by atoms with Gasteiger partial charge in [0.25, 0.3) is 5.91 Å². The van der Waals surface area contributed by atoms with Crippen molar-refractivity contribution >= 4 is 31.9 Å². The van der Waals surface area contributed by atoms with E-state index < -0.39 is 10.0 Å². The molecule has 0 aliphatic carbocycles. The van der Waals surface area contributed by atoms with E-state index in [1.165, 1.54) is 16.4 Å². The van der Waals surface area contributed by atoms with Crippen LogP contribution >= 0.6 is 15.9 Å². The molecular weight excluding hydrogens is 410 g/mol. The Morgan fingerprint density at radius 2 is 1.80 bits per heavy atom. The van der Waals surface area contributed by atoms with Crippen molar-refractivity contribution in [1.29, 1.82) is 5.26 Å². The fourth-order valence-corrected chi connectivity index (χ4v) is 4.51. The van der Waals surface area contributed by atoms with Crippen molar-refractivity contribution in [3.63, 3.8) is 0 Å². The number of halogens is 1. The second-order valence-electron chi connectivity index (χ2n) is 5.41. The van der Waals surface area contributed by atoms with Gasteiger partial charge in [0.05, 0.1) is 10.5 Å². The smallest absolute Gasteiger partial charge is 0.289 e. The van der Waals surface area contributed by atoms with E-state index in [2.05, 4.69) is 15.9 Å². The third-order valence-electron chi connectivity index (χ3n) is 3.94. The molecule has 1 aliphatic heterocycles. The molecule has 2 heterocycles. The van der Waals surface area contributed by atoms with Gasteiger partial charge in [0, 0.05) is 26.2 Å². The Bertz CT molecular complexity index is 940. The van der Waals surface area contributed by atoms with Gasteiger partial charge in [-0.3, -0.25) is 4.79 Å². The molecule has 25 heavy (non-hydrogen) atoms. The number of hydrogen-bond donors (Lipinski definition) is 0. The van der Waals surface area contributed by atoms with Crippen LogP contribution in [0.3, 0.4) is 0 Å². The maximum absolute atomic E-state index is 12.8. The number of sulfonamides is 1. The van der Waals surface area contributed by atoms with Crippen LogP contribution in [0.4, 0.5) is 0 Å². The van der Waals surface area contributed by atoms with Crippen molar-refractivity contribution in [2.75, 3.05) is 26.2 Å². The van der Waals surface area contributed by atoms with Crippen molar-refractivity contribution in [2.45, 2.75) is 4.90 Å². The number of rotatable bonds is 3. The minimum Gasteiger partial charge on any atom is -0.444 e. The molecule has 0 saturated carbocycles. The fraction of sp³-hybridized carbons (Fsp3) is 0.250. The molecule has 1 aromatic carbocycles. The van der Waals surface area contributed by atoms with Crippen LogP contribution in [0.1, 0.15) is 16.1 Å². The standard InChI is InChI=1S/C16H14BrN3O4S/c17-15-6-5-13(24-15)16(21)19-7-9-20(10-8-19)25(22,23)14-4-2-1-3-12(14)11-18/h1-6H,7-10H2. The molecule has 1 saturated heterocycles. The highest BCUT2D eigenvalue weighted by Gasteiger charge is 2.32. The molecule has 9 heteroatoms. The van der Waals surface area contributed by atoms with E-state index in [0.29, 0.717) is 4.67 Å². The van der Waals surface area contributed by atoms with E-state index in [0.717, 1.165) is 0 Å². The number of amides is 1. The highest BCUT2D eigenvalue weighted by atomic mass is 79.9. The van der Waals surface area contributed by atoms with E-state index in [1.807, 2.05) is 6.07 Å². The van der Waals surface area contributed by atoms with Crippen LogP contribution in [0.15, 0.2) is 50.4 Å². The van der Waals surface area contributed by atoms with Crippen LogP contribution in [0.5, 0.6) is 0 Å². The minimum atomic E-state index is -3.77.